The van der Waals surface area contributed by atoms with Gasteiger partial charge in [0.1, 0.15) is 5.82 Å². The molecule has 2 N–H and O–H groups in total. The van der Waals surface area contributed by atoms with E-state index in [-0.39, 0.29) is 17.5 Å². The Morgan fingerprint density at radius 3 is 3.00 bits per heavy atom. The molecule has 1 fully saturated rings. The molecule has 0 bridgehead atoms. The summed E-state index contributed by atoms with van der Waals surface area (Å²) in [5.74, 6) is -0.357. The van der Waals surface area contributed by atoms with E-state index in [9.17, 15) is 4.39 Å². The quantitative estimate of drug-likeness (QED) is 0.809. The fraction of sp³-hybridized carbons (Fsp3) is 0.545. The normalized spacial score (nSPS) is 27.9. The lowest BCUT2D eigenvalue weighted by molar-refractivity contribution is -0.00187. The number of hydrogen-bond donors (Lipinski definition) is 1. The molecule has 1 saturated heterocycles. The monoisotopic (exact) mass is 210 g/mol. The van der Waals surface area contributed by atoms with E-state index in [0.29, 0.717) is 5.56 Å². The highest BCUT2D eigenvalue weighted by molar-refractivity contribution is 5.18. The van der Waals surface area contributed by atoms with Crippen molar-refractivity contribution in [3.05, 3.63) is 29.8 Å². The molecule has 0 saturated carbocycles. The third kappa shape index (κ3) is 2.01. The van der Waals surface area contributed by atoms with Crippen molar-refractivity contribution < 1.29 is 9.13 Å². The Balaban J connectivity index is 2.23. The van der Waals surface area contributed by atoms with Crippen LogP contribution in [-0.2, 0) is 4.74 Å². The summed E-state index contributed by atoms with van der Waals surface area (Å²) >= 11 is 0. The van der Waals surface area contributed by atoms with E-state index in [2.05, 4.69) is 4.98 Å². The highest BCUT2D eigenvalue weighted by Crippen LogP contribution is 2.35. The van der Waals surface area contributed by atoms with Gasteiger partial charge >= 0.3 is 0 Å². The number of halogens is 1. The fourth-order valence-corrected chi connectivity index (χ4v) is 2.00. The minimum absolute atomic E-state index is 0.316. The molecule has 1 aromatic heterocycles. The lowest BCUT2D eigenvalue weighted by Crippen LogP contribution is -2.37. The number of rotatable bonds is 2. The molecule has 2 unspecified atom stereocenters. The van der Waals surface area contributed by atoms with Crippen LogP contribution < -0.4 is 5.73 Å². The molecule has 1 aliphatic heterocycles. The smallest absolute Gasteiger partial charge is 0.141 e. The summed E-state index contributed by atoms with van der Waals surface area (Å²) in [6.45, 7) is 2.70. The zero-order valence-corrected chi connectivity index (χ0v) is 8.74. The first-order chi connectivity index (χ1) is 7.12. The molecular weight excluding hydrogens is 195 g/mol. The lowest BCUT2D eigenvalue weighted by atomic mass is 9.89. The van der Waals surface area contributed by atoms with E-state index in [1.54, 1.807) is 6.20 Å². The Kier molecular flexibility index (Phi) is 2.71. The second-order valence-corrected chi connectivity index (χ2v) is 4.18. The van der Waals surface area contributed by atoms with Crippen molar-refractivity contribution in [2.75, 3.05) is 6.61 Å². The summed E-state index contributed by atoms with van der Waals surface area (Å²) in [4.78, 5) is 3.80. The van der Waals surface area contributed by atoms with Crippen LogP contribution in [0, 0.1) is 5.82 Å². The van der Waals surface area contributed by atoms with Crippen LogP contribution in [0.3, 0.4) is 0 Å². The van der Waals surface area contributed by atoms with Gasteiger partial charge in [0.25, 0.3) is 0 Å². The maximum Gasteiger partial charge on any atom is 0.141 e. The van der Waals surface area contributed by atoms with Gasteiger partial charge in [-0.1, -0.05) is 0 Å². The van der Waals surface area contributed by atoms with Crippen LogP contribution in [0.5, 0.6) is 0 Å². The van der Waals surface area contributed by atoms with E-state index in [4.69, 9.17) is 10.5 Å². The summed E-state index contributed by atoms with van der Waals surface area (Å²) in [6, 6.07) is 1.10. The summed E-state index contributed by atoms with van der Waals surface area (Å²) in [5, 5.41) is 0. The first-order valence-corrected chi connectivity index (χ1v) is 5.12. The van der Waals surface area contributed by atoms with Crippen molar-refractivity contribution >= 4 is 0 Å². The maximum absolute atomic E-state index is 13.0. The molecule has 0 spiro atoms. The molecule has 0 radical (unpaired) electrons. The van der Waals surface area contributed by atoms with Gasteiger partial charge in [0.15, 0.2) is 0 Å². The molecule has 0 aliphatic carbocycles. The first kappa shape index (κ1) is 10.5. The van der Waals surface area contributed by atoms with E-state index < -0.39 is 0 Å². The summed E-state index contributed by atoms with van der Waals surface area (Å²) in [5.41, 5.74) is 6.39. The first-order valence-electron chi connectivity index (χ1n) is 5.12. The zero-order chi connectivity index (χ0) is 10.9. The molecule has 2 atom stereocenters. The van der Waals surface area contributed by atoms with Gasteiger partial charge in [-0.25, -0.2) is 4.39 Å². The fourth-order valence-electron chi connectivity index (χ4n) is 2.00. The van der Waals surface area contributed by atoms with Crippen molar-refractivity contribution in [1.82, 2.24) is 4.98 Å². The highest BCUT2D eigenvalue weighted by Gasteiger charge is 2.37. The Bertz CT molecular complexity index is 350. The lowest BCUT2D eigenvalue weighted by Gasteiger charge is -2.30. The zero-order valence-electron chi connectivity index (χ0n) is 8.74. The average molecular weight is 210 g/mol. The third-order valence-corrected chi connectivity index (χ3v) is 2.99. The summed E-state index contributed by atoms with van der Waals surface area (Å²) in [6.07, 6.45) is 4.69. The molecule has 0 aromatic carbocycles. The number of ether oxygens (including phenoxy) is 1. The van der Waals surface area contributed by atoms with Crippen molar-refractivity contribution in [2.45, 2.75) is 31.4 Å². The van der Waals surface area contributed by atoms with Crippen molar-refractivity contribution in [3.63, 3.8) is 0 Å². The largest absolute Gasteiger partial charge is 0.373 e. The minimum Gasteiger partial charge on any atom is -0.373 e. The second kappa shape index (κ2) is 3.87. The molecule has 1 aromatic rings. The van der Waals surface area contributed by atoms with E-state index in [0.717, 1.165) is 19.4 Å². The summed E-state index contributed by atoms with van der Waals surface area (Å²) in [7, 11) is 0. The molecule has 1 aliphatic rings. The van der Waals surface area contributed by atoms with Gasteiger partial charge in [0.05, 0.1) is 17.8 Å². The molecule has 15 heavy (non-hydrogen) atoms. The van der Waals surface area contributed by atoms with Crippen LogP contribution in [0.15, 0.2) is 18.5 Å². The van der Waals surface area contributed by atoms with Gasteiger partial charge in [-0.15, -0.1) is 0 Å². The maximum atomic E-state index is 13.0. The Morgan fingerprint density at radius 1 is 1.60 bits per heavy atom. The molecule has 0 amide bonds. The van der Waals surface area contributed by atoms with Gasteiger partial charge in [0.2, 0.25) is 0 Å². The number of aromatic nitrogens is 1. The van der Waals surface area contributed by atoms with Crippen LogP contribution in [0.25, 0.3) is 0 Å². The van der Waals surface area contributed by atoms with Crippen molar-refractivity contribution in [3.8, 4) is 0 Å². The topological polar surface area (TPSA) is 48.1 Å². The number of hydrogen-bond acceptors (Lipinski definition) is 3. The van der Waals surface area contributed by atoms with Gasteiger partial charge < -0.3 is 10.5 Å². The van der Waals surface area contributed by atoms with E-state index in [1.165, 1.54) is 12.3 Å². The van der Waals surface area contributed by atoms with Gasteiger partial charge in [0, 0.05) is 12.8 Å². The van der Waals surface area contributed by atoms with Crippen molar-refractivity contribution in [2.24, 2.45) is 5.73 Å². The van der Waals surface area contributed by atoms with Crippen LogP contribution in [0.2, 0.25) is 0 Å². The van der Waals surface area contributed by atoms with Crippen molar-refractivity contribution in [1.29, 1.82) is 0 Å². The average Bonchev–Trinajstić information content (AvgIpc) is 2.65. The van der Waals surface area contributed by atoms with Gasteiger partial charge in [-0.3, -0.25) is 4.98 Å². The van der Waals surface area contributed by atoms with Gasteiger partial charge in [-0.05, 0) is 31.4 Å². The molecule has 2 heterocycles. The SMILES string of the molecule is CC1(C(N)c2cncc(F)c2)CCCO1. The van der Waals surface area contributed by atoms with Crippen LogP contribution >= 0.6 is 0 Å². The van der Waals surface area contributed by atoms with Crippen LogP contribution in [0.1, 0.15) is 31.4 Å². The predicted octanol–water partition coefficient (Wildman–Crippen LogP) is 1.79. The summed E-state index contributed by atoms with van der Waals surface area (Å²) < 4.78 is 18.6. The van der Waals surface area contributed by atoms with Crippen LogP contribution in [0.4, 0.5) is 4.39 Å². The molecule has 2 rings (SSSR count). The molecule has 4 heteroatoms. The Labute approximate surface area is 88.5 Å². The van der Waals surface area contributed by atoms with E-state index in [1.807, 2.05) is 6.92 Å². The molecular formula is C11H15FN2O. The van der Waals surface area contributed by atoms with E-state index >= 15 is 0 Å². The standard InChI is InChI=1S/C11H15FN2O/c1-11(3-2-4-15-11)10(13)8-5-9(12)7-14-6-8/h5-7,10H,2-4,13H2,1H3. The highest BCUT2D eigenvalue weighted by atomic mass is 19.1. The predicted molar refractivity (Wildman–Crippen MR) is 54.7 cm³/mol. The second-order valence-electron chi connectivity index (χ2n) is 4.18. The Hall–Kier alpha value is -1.00. The molecule has 82 valence electrons. The number of nitrogens with two attached hydrogens (primary N) is 1. The number of nitrogens with zero attached hydrogens (tertiary/aromatic N) is 1. The Morgan fingerprint density at radius 2 is 2.40 bits per heavy atom. The van der Waals surface area contributed by atoms with Crippen LogP contribution in [-0.4, -0.2) is 17.2 Å². The molecule has 3 nitrogen and oxygen atoms in total. The third-order valence-electron chi connectivity index (χ3n) is 2.99. The minimum atomic E-state index is -0.379. The number of pyridine rings is 1. The van der Waals surface area contributed by atoms with Gasteiger partial charge in [-0.2, -0.15) is 0 Å².